The van der Waals surface area contributed by atoms with Crippen LogP contribution < -0.4 is 0 Å². The van der Waals surface area contributed by atoms with Gasteiger partial charge in [0.1, 0.15) is 0 Å². The Balaban J connectivity index is -0.000000134. The molecule has 0 unspecified atom stereocenters. The minimum Gasteiger partial charge on any atom is -0.394 e. The van der Waals surface area contributed by atoms with Gasteiger partial charge in [-0.1, -0.05) is 27.7 Å². The fourth-order valence-electron chi connectivity index (χ4n) is 0.875. The zero-order chi connectivity index (χ0) is 12.0. The first kappa shape index (κ1) is 19.5. The van der Waals surface area contributed by atoms with Gasteiger partial charge in [0.2, 0.25) is 0 Å². The van der Waals surface area contributed by atoms with E-state index >= 15 is 0 Å². The fourth-order valence-corrected chi connectivity index (χ4v) is 0.875. The molecule has 1 saturated heterocycles. The lowest BCUT2D eigenvalue weighted by atomic mass is 10.4. The molecule has 1 rings (SSSR count). The first-order chi connectivity index (χ1) is 6.63. The van der Waals surface area contributed by atoms with Crippen molar-refractivity contribution in [2.24, 2.45) is 0 Å². The maximum atomic E-state index is 8.06. The Hall–Kier alpha value is -0.0800. The second kappa shape index (κ2) is 18.7. The van der Waals surface area contributed by atoms with Crippen molar-refractivity contribution in [2.75, 3.05) is 20.1 Å². The molecule has 0 amide bonds. The average molecular weight is 205 g/mol. The monoisotopic (exact) mass is 205 g/mol. The summed E-state index contributed by atoms with van der Waals surface area (Å²) in [5.41, 5.74) is 0. The normalized spacial score (nSPS) is 14.4. The van der Waals surface area contributed by atoms with Gasteiger partial charge in [0.25, 0.3) is 0 Å². The topological polar surface area (TPSA) is 23.5 Å². The van der Waals surface area contributed by atoms with Crippen molar-refractivity contribution in [3.05, 3.63) is 0 Å². The summed E-state index contributed by atoms with van der Waals surface area (Å²) >= 11 is 0. The molecule has 0 aromatic carbocycles. The lowest BCUT2D eigenvalue weighted by Crippen LogP contribution is -2.10. The molecule has 0 saturated carbocycles. The first-order valence-corrected chi connectivity index (χ1v) is 5.99. The van der Waals surface area contributed by atoms with E-state index in [0.29, 0.717) is 0 Å². The van der Waals surface area contributed by atoms with Gasteiger partial charge in [-0.25, -0.2) is 0 Å². The molecule has 0 atom stereocenters. The Bertz CT molecular complexity index is 66.0. The maximum absolute atomic E-state index is 8.06. The number of hydrogen-bond donors (Lipinski definition) is 1. The van der Waals surface area contributed by atoms with E-state index in [9.17, 15) is 0 Å². The largest absolute Gasteiger partial charge is 0.394 e. The standard InChI is InChI=1S/C5H11N.C3H8O.2C2H6/c1-6-4-2-3-5-6;1-3(2)4;2*1-2/h2-5H2,1H3;3-4H,1-2H3;2*1-2H3. The zero-order valence-electron chi connectivity index (χ0n) is 11.3. The van der Waals surface area contributed by atoms with Crippen LogP contribution in [0.5, 0.6) is 0 Å². The van der Waals surface area contributed by atoms with Crippen molar-refractivity contribution in [3.8, 4) is 0 Å². The summed E-state index contributed by atoms with van der Waals surface area (Å²) in [4.78, 5) is 2.36. The summed E-state index contributed by atoms with van der Waals surface area (Å²) in [6.45, 7) is 14.1. The van der Waals surface area contributed by atoms with Crippen LogP contribution >= 0.6 is 0 Å². The molecule has 0 radical (unpaired) electrons. The van der Waals surface area contributed by atoms with E-state index < -0.39 is 0 Å². The van der Waals surface area contributed by atoms with Gasteiger partial charge in [-0.15, -0.1) is 0 Å². The quantitative estimate of drug-likeness (QED) is 0.656. The second-order valence-corrected chi connectivity index (χ2v) is 3.10. The molecule has 1 aliphatic rings. The first-order valence-electron chi connectivity index (χ1n) is 5.99. The van der Waals surface area contributed by atoms with Gasteiger partial charge in [0.05, 0.1) is 0 Å². The molecule has 1 heterocycles. The molecular weight excluding hydrogens is 174 g/mol. The van der Waals surface area contributed by atoms with Crippen molar-refractivity contribution in [2.45, 2.75) is 60.5 Å². The third-order valence-corrected chi connectivity index (χ3v) is 1.33. The minimum atomic E-state index is -0.167. The van der Waals surface area contributed by atoms with E-state index in [2.05, 4.69) is 11.9 Å². The summed E-state index contributed by atoms with van der Waals surface area (Å²) in [6.07, 6.45) is 2.66. The summed E-state index contributed by atoms with van der Waals surface area (Å²) in [5, 5.41) is 8.06. The lowest BCUT2D eigenvalue weighted by Gasteiger charge is -2.01. The number of aliphatic hydroxyl groups is 1. The molecule has 0 spiro atoms. The predicted octanol–water partition coefficient (Wildman–Crippen LogP) is 3.15. The summed E-state index contributed by atoms with van der Waals surface area (Å²) in [7, 11) is 2.17. The summed E-state index contributed by atoms with van der Waals surface area (Å²) < 4.78 is 0. The van der Waals surface area contributed by atoms with Gasteiger partial charge in [-0.05, 0) is 46.8 Å². The highest BCUT2D eigenvalue weighted by molar-refractivity contribution is 4.59. The number of aliphatic hydroxyl groups excluding tert-OH is 1. The van der Waals surface area contributed by atoms with Crippen molar-refractivity contribution in [1.82, 2.24) is 4.90 Å². The highest BCUT2D eigenvalue weighted by Crippen LogP contribution is 2.01. The van der Waals surface area contributed by atoms with Crippen LogP contribution in [0.1, 0.15) is 54.4 Å². The van der Waals surface area contributed by atoms with Crippen LogP contribution in [0, 0.1) is 0 Å². The van der Waals surface area contributed by atoms with Crippen LogP contribution in [0.4, 0.5) is 0 Å². The number of nitrogens with zero attached hydrogens (tertiary/aromatic N) is 1. The third kappa shape index (κ3) is 29.7. The molecule has 1 N–H and O–H groups in total. The fraction of sp³-hybridized carbons (Fsp3) is 1.00. The third-order valence-electron chi connectivity index (χ3n) is 1.33. The minimum absolute atomic E-state index is 0.167. The van der Waals surface area contributed by atoms with Gasteiger partial charge < -0.3 is 10.0 Å². The molecule has 0 aromatic heterocycles. The average Bonchev–Trinajstić information content (AvgIpc) is 2.62. The Morgan fingerprint density at radius 3 is 1.21 bits per heavy atom. The molecule has 1 aliphatic heterocycles. The van der Waals surface area contributed by atoms with Gasteiger partial charge in [0.15, 0.2) is 0 Å². The van der Waals surface area contributed by atoms with E-state index in [4.69, 9.17) is 5.11 Å². The summed E-state index contributed by atoms with van der Waals surface area (Å²) in [5.74, 6) is 0. The van der Waals surface area contributed by atoms with Crippen LogP contribution in [-0.4, -0.2) is 36.2 Å². The number of likely N-dealkylation sites (tertiary alicyclic amines) is 1. The van der Waals surface area contributed by atoms with Gasteiger partial charge in [0, 0.05) is 6.10 Å². The van der Waals surface area contributed by atoms with E-state index in [1.807, 2.05) is 27.7 Å². The van der Waals surface area contributed by atoms with Crippen molar-refractivity contribution in [3.63, 3.8) is 0 Å². The lowest BCUT2D eigenvalue weighted by molar-refractivity contribution is 0.216. The van der Waals surface area contributed by atoms with Crippen LogP contribution in [0.15, 0.2) is 0 Å². The maximum Gasteiger partial charge on any atom is 0.0483 e. The van der Waals surface area contributed by atoms with Gasteiger partial charge >= 0.3 is 0 Å². The van der Waals surface area contributed by atoms with E-state index in [1.165, 1.54) is 25.9 Å². The molecule has 0 aromatic rings. The Morgan fingerprint density at radius 1 is 0.929 bits per heavy atom. The Labute approximate surface area is 91.3 Å². The number of hydrogen-bond acceptors (Lipinski definition) is 2. The van der Waals surface area contributed by atoms with Crippen molar-refractivity contribution < 1.29 is 5.11 Å². The molecule has 14 heavy (non-hydrogen) atoms. The Kier molecular flexibility index (Phi) is 26.0. The molecule has 0 aliphatic carbocycles. The van der Waals surface area contributed by atoms with Crippen molar-refractivity contribution in [1.29, 1.82) is 0 Å². The second-order valence-electron chi connectivity index (χ2n) is 3.10. The summed E-state index contributed by atoms with van der Waals surface area (Å²) in [6, 6.07) is 0. The molecule has 0 bridgehead atoms. The highest BCUT2D eigenvalue weighted by Gasteiger charge is 2.03. The molecule has 2 heteroatoms. The van der Waals surface area contributed by atoms with Crippen LogP contribution in [0.2, 0.25) is 0 Å². The predicted molar refractivity (Wildman–Crippen MR) is 66.8 cm³/mol. The highest BCUT2D eigenvalue weighted by atomic mass is 16.3. The smallest absolute Gasteiger partial charge is 0.0483 e. The SMILES string of the molecule is CC.CC.CC(C)O.CN1CCCC1. The van der Waals surface area contributed by atoms with Gasteiger partial charge in [-0.3, -0.25) is 0 Å². The van der Waals surface area contributed by atoms with E-state index in [1.54, 1.807) is 13.8 Å². The molecule has 90 valence electrons. The van der Waals surface area contributed by atoms with E-state index in [0.717, 1.165) is 0 Å². The molecule has 2 nitrogen and oxygen atoms in total. The molecular formula is C12H31NO. The van der Waals surface area contributed by atoms with Crippen LogP contribution in [-0.2, 0) is 0 Å². The molecule has 1 fully saturated rings. The van der Waals surface area contributed by atoms with Crippen LogP contribution in [0.25, 0.3) is 0 Å². The Morgan fingerprint density at radius 2 is 1.14 bits per heavy atom. The van der Waals surface area contributed by atoms with E-state index in [-0.39, 0.29) is 6.10 Å². The number of rotatable bonds is 0. The zero-order valence-corrected chi connectivity index (χ0v) is 11.3. The van der Waals surface area contributed by atoms with Gasteiger partial charge in [-0.2, -0.15) is 0 Å². The van der Waals surface area contributed by atoms with Crippen molar-refractivity contribution >= 4 is 0 Å². The van der Waals surface area contributed by atoms with Crippen LogP contribution in [0.3, 0.4) is 0 Å².